The fraction of sp³-hybridized carbons (Fsp3) is 0.875. The van der Waals surface area contributed by atoms with Gasteiger partial charge in [0.15, 0.2) is 0 Å². The zero-order valence-electron chi connectivity index (χ0n) is 7.34. The first-order valence-electron chi connectivity index (χ1n) is 4.39. The minimum atomic E-state index is -0.463. The van der Waals surface area contributed by atoms with Crippen LogP contribution in [0.3, 0.4) is 0 Å². The highest BCUT2D eigenvalue weighted by Gasteiger charge is 2.21. The number of aliphatic hydroxyl groups excluding tert-OH is 1. The van der Waals surface area contributed by atoms with Crippen LogP contribution in [0.1, 0.15) is 19.8 Å². The summed E-state index contributed by atoms with van der Waals surface area (Å²) >= 11 is 0. The highest BCUT2D eigenvalue weighted by atomic mass is 16.3. The van der Waals surface area contributed by atoms with E-state index in [9.17, 15) is 4.79 Å². The van der Waals surface area contributed by atoms with Crippen LogP contribution >= 0.6 is 0 Å². The number of hydrogen-bond donors (Lipinski definition) is 3. The number of carbonyl (C=O) groups is 1. The Morgan fingerprint density at radius 3 is 3.08 bits per heavy atom. The van der Waals surface area contributed by atoms with Gasteiger partial charge in [-0.15, -0.1) is 0 Å². The predicted molar refractivity (Wildman–Crippen MR) is 45.7 cm³/mol. The van der Waals surface area contributed by atoms with Crippen LogP contribution in [-0.2, 0) is 4.79 Å². The van der Waals surface area contributed by atoms with Gasteiger partial charge in [-0.2, -0.15) is 0 Å². The summed E-state index contributed by atoms with van der Waals surface area (Å²) < 4.78 is 0. The molecule has 1 aliphatic heterocycles. The summed E-state index contributed by atoms with van der Waals surface area (Å²) in [5.74, 6) is 0.00778. The quantitative estimate of drug-likeness (QED) is 0.524. The van der Waals surface area contributed by atoms with Gasteiger partial charge < -0.3 is 15.7 Å². The van der Waals surface area contributed by atoms with E-state index < -0.39 is 6.10 Å². The smallest absolute Gasteiger partial charge is 0.237 e. The van der Waals surface area contributed by atoms with Crippen molar-refractivity contribution in [3.63, 3.8) is 0 Å². The van der Waals surface area contributed by atoms with Gasteiger partial charge in [0.2, 0.25) is 5.91 Å². The molecule has 0 bridgehead atoms. The average Bonchev–Trinajstić information content (AvgIpc) is 2.51. The number of carbonyl (C=O) groups excluding carboxylic acids is 1. The molecule has 0 aliphatic carbocycles. The van der Waals surface area contributed by atoms with Crippen LogP contribution in [0.25, 0.3) is 0 Å². The fourth-order valence-electron chi connectivity index (χ4n) is 1.28. The minimum absolute atomic E-state index is 0.00778. The van der Waals surface area contributed by atoms with Crippen LogP contribution in [0.4, 0.5) is 0 Å². The Morgan fingerprint density at radius 2 is 2.58 bits per heavy atom. The first kappa shape index (κ1) is 9.48. The first-order chi connectivity index (χ1) is 5.70. The molecule has 0 aromatic heterocycles. The summed E-state index contributed by atoms with van der Waals surface area (Å²) in [6.45, 7) is 2.92. The fourth-order valence-corrected chi connectivity index (χ4v) is 1.28. The van der Waals surface area contributed by atoms with Gasteiger partial charge in [0, 0.05) is 6.54 Å². The number of aliphatic hydroxyl groups is 1. The van der Waals surface area contributed by atoms with Crippen molar-refractivity contribution in [3.8, 4) is 0 Å². The third-order valence-corrected chi connectivity index (χ3v) is 1.95. The molecule has 0 saturated carbocycles. The van der Waals surface area contributed by atoms with Gasteiger partial charge >= 0.3 is 0 Å². The summed E-state index contributed by atoms with van der Waals surface area (Å²) in [6.07, 6.45) is 1.51. The second kappa shape index (κ2) is 4.42. The Morgan fingerprint density at radius 1 is 1.83 bits per heavy atom. The van der Waals surface area contributed by atoms with Crippen LogP contribution in [0, 0.1) is 0 Å². The van der Waals surface area contributed by atoms with Crippen LogP contribution in [0.2, 0.25) is 0 Å². The molecule has 0 radical (unpaired) electrons. The molecule has 1 rings (SSSR count). The van der Waals surface area contributed by atoms with Gasteiger partial charge in [0.1, 0.15) is 0 Å². The lowest BCUT2D eigenvalue weighted by Crippen LogP contribution is -2.42. The highest BCUT2D eigenvalue weighted by Crippen LogP contribution is 2.04. The van der Waals surface area contributed by atoms with Crippen molar-refractivity contribution in [2.75, 3.05) is 13.1 Å². The van der Waals surface area contributed by atoms with E-state index in [2.05, 4.69) is 10.6 Å². The minimum Gasteiger partial charge on any atom is -0.392 e. The first-order valence-corrected chi connectivity index (χ1v) is 4.39. The van der Waals surface area contributed by atoms with Crippen LogP contribution < -0.4 is 10.6 Å². The van der Waals surface area contributed by atoms with Crippen molar-refractivity contribution in [1.82, 2.24) is 10.6 Å². The molecule has 4 heteroatoms. The number of amides is 1. The van der Waals surface area contributed by atoms with E-state index in [1.165, 1.54) is 0 Å². The molecule has 0 unspecified atom stereocenters. The Labute approximate surface area is 72.3 Å². The molecule has 0 spiro atoms. The van der Waals surface area contributed by atoms with Crippen molar-refractivity contribution >= 4 is 5.91 Å². The maximum atomic E-state index is 11.3. The molecule has 3 N–H and O–H groups in total. The molecule has 4 nitrogen and oxygen atoms in total. The number of rotatable bonds is 3. The molecule has 1 fully saturated rings. The zero-order valence-corrected chi connectivity index (χ0v) is 7.34. The topological polar surface area (TPSA) is 61.4 Å². The van der Waals surface area contributed by atoms with E-state index in [-0.39, 0.29) is 11.9 Å². The Kier molecular flexibility index (Phi) is 3.49. The summed E-state index contributed by atoms with van der Waals surface area (Å²) in [7, 11) is 0. The maximum absolute atomic E-state index is 11.3. The lowest BCUT2D eigenvalue weighted by molar-refractivity contribution is -0.123. The molecule has 1 amide bonds. The molecule has 12 heavy (non-hydrogen) atoms. The molecule has 1 aliphatic rings. The van der Waals surface area contributed by atoms with E-state index in [1.807, 2.05) is 0 Å². The monoisotopic (exact) mass is 172 g/mol. The van der Waals surface area contributed by atoms with Gasteiger partial charge in [-0.25, -0.2) is 0 Å². The van der Waals surface area contributed by atoms with E-state index >= 15 is 0 Å². The van der Waals surface area contributed by atoms with Crippen molar-refractivity contribution in [2.45, 2.75) is 31.9 Å². The van der Waals surface area contributed by atoms with E-state index in [4.69, 9.17) is 5.11 Å². The second-order valence-electron chi connectivity index (χ2n) is 3.24. The summed E-state index contributed by atoms with van der Waals surface area (Å²) in [6, 6.07) is -0.0382. The maximum Gasteiger partial charge on any atom is 0.237 e. The van der Waals surface area contributed by atoms with Gasteiger partial charge in [-0.1, -0.05) is 0 Å². The normalized spacial score (nSPS) is 25.3. The third-order valence-electron chi connectivity index (χ3n) is 1.95. The van der Waals surface area contributed by atoms with Crippen molar-refractivity contribution in [3.05, 3.63) is 0 Å². The predicted octanol–water partition coefficient (Wildman–Crippen LogP) is -0.765. The number of nitrogens with one attached hydrogen (secondary N) is 2. The molecule has 2 atom stereocenters. The van der Waals surface area contributed by atoms with Gasteiger partial charge in [-0.05, 0) is 26.3 Å². The summed E-state index contributed by atoms with van der Waals surface area (Å²) in [4.78, 5) is 11.3. The van der Waals surface area contributed by atoms with E-state index in [0.29, 0.717) is 6.54 Å². The molecular formula is C8H16N2O2. The van der Waals surface area contributed by atoms with Crippen molar-refractivity contribution in [1.29, 1.82) is 0 Å². The zero-order chi connectivity index (χ0) is 8.97. The second-order valence-corrected chi connectivity index (χ2v) is 3.24. The van der Waals surface area contributed by atoms with Crippen LogP contribution in [0.5, 0.6) is 0 Å². The Bertz CT molecular complexity index is 153. The number of hydrogen-bond acceptors (Lipinski definition) is 3. The Hall–Kier alpha value is -0.610. The van der Waals surface area contributed by atoms with Gasteiger partial charge in [-0.3, -0.25) is 4.79 Å². The molecule has 1 heterocycles. The highest BCUT2D eigenvalue weighted by molar-refractivity contribution is 5.81. The molecular weight excluding hydrogens is 156 g/mol. The standard InChI is InChI=1S/C8H16N2O2/c1-6(11)5-10-8(12)7-3-2-4-9-7/h6-7,9,11H,2-5H2,1H3,(H,10,12)/t6-,7+/m1/s1. The molecule has 70 valence electrons. The van der Waals surface area contributed by atoms with E-state index in [0.717, 1.165) is 19.4 Å². The van der Waals surface area contributed by atoms with Crippen molar-refractivity contribution < 1.29 is 9.90 Å². The summed E-state index contributed by atoms with van der Waals surface area (Å²) in [5, 5.41) is 14.7. The molecule has 0 aromatic rings. The SMILES string of the molecule is C[C@@H](O)CNC(=O)[C@@H]1CCCN1. The van der Waals surface area contributed by atoms with Crippen LogP contribution in [-0.4, -0.2) is 36.2 Å². The van der Waals surface area contributed by atoms with Gasteiger partial charge in [0.05, 0.1) is 12.1 Å². The molecule has 1 saturated heterocycles. The lowest BCUT2D eigenvalue weighted by Gasteiger charge is -2.11. The summed E-state index contributed by atoms with van der Waals surface area (Å²) in [5.41, 5.74) is 0. The van der Waals surface area contributed by atoms with E-state index in [1.54, 1.807) is 6.92 Å². The lowest BCUT2D eigenvalue weighted by atomic mass is 10.2. The Balaban J connectivity index is 2.18. The van der Waals surface area contributed by atoms with Gasteiger partial charge in [0.25, 0.3) is 0 Å². The average molecular weight is 172 g/mol. The molecule has 0 aromatic carbocycles. The third kappa shape index (κ3) is 2.79. The van der Waals surface area contributed by atoms with Crippen LogP contribution in [0.15, 0.2) is 0 Å². The van der Waals surface area contributed by atoms with Crippen molar-refractivity contribution in [2.24, 2.45) is 0 Å². The largest absolute Gasteiger partial charge is 0.392 e.